The van der Waals surface area contributed by atoms with Crippen molar-refractivity contribution in [2.24, 2.45) is 11.7 Å². The van der Waals surface area contributed by atoms with E-state index in [1.165, 1.54) is 0 Å². The first kappa shape index (κ1) is 12.5. The zero-order valence-corrected chi connectivity index (χ0v) is 9.58. The predicted octanol–water partition coefficient (Wildman–Crippen LogP) is 0.610. The highest BCUT2D eigenvalue weighted by Crippen LogP contribution is 2.15. The molecule has 4 nitrogen and oxygen atoms in total. The summed E-state index contributed by atoms with van der Waals surface area (Å²) in [6.07, 6.45) is 3.04. The Balaban J connectivity index is 2.18. The number of amides is 1. The van der Waals surface area contributed by atoms with Gasteiger partial charge in [-0.25, -0.2) is 0 Å². The Labute approximate surface area is 91.8 Å². The molecule has 15 heavy (non-hydrogen) atoms. The van der Waals surface area contributed by atoms with E-state index >= 15 is 0 Å². The van der Waals surface area contributed by atoms with Crippen molar-refractivity contribution in [1.29, 1.82) is 0 Å². The zero-order chi connectivity index (χ0) is 11.1. The van der Waals surface area contributed by atoms with Crippen molar-refractivity contribution in [1.82, 2.24) is 4.90 Å². The van der Waals surface area contributed by atoms with Crippen LogP contribution in [0.5, 0.6) is 0 Å². The van der Waals surface area contributed by atoms with E-state index in [-0.39, 0.29) is 12.5 Å². The lowest BCUT2D eigenvalue weighted by molar-refractivity contribution is -0.137. The molecule has 0 aromatic heterocycles. The molecule has 0 saturated carbocycles. The van der Waals surface area contributed by atoms with Gasteiger partial charge in [0.1, 0.15) is 6.61 Å². The van der Waals surface area contributed by atoms with Crippen molar-refractivity contribution >= 4 is 5.91 Å². The summed E-state index contributed by atoms with van der Waals surface area (Å²) in [7, 11) is 0. The molecule has 0 radical (unpaired) electrons. The van der Waals surface area contributed by atoms with Crippen LogP contribution in [0.4, 0.5) is 0 Å². The molecule has 4 heteroatoms. The standard InChI is InChI=1S/C11H22N2O2/c1-2-7-15-9-11(14)13-5-3-10(8-12)4-6-13/h10H,2-9,12H2,1H3. The maximum Gasteiger partial charge on any atom is 0.248 e. The lowest BCUT2D eigenvalue weighted by Gasteiger charge is -2.31. The third kappa shape index (κ3) is 4.18. The van der Waals surface area contributed by atoms with Gasteiger partial charge in [0, 0.05) is 19.7 Å². The van der Waals surface area contributed by atoms with E-state index in [1.54, 1.807) is 0 Å². The number of nitrogens with two attached hydrogens (primary N) is 1. The molecule has 0 aliphatic carbocycles. The molecular weight excluding hydrogens is 192 g/mol. The first-order chi connectivity index (χ1) is 7.27. The number of nitrogens with zero attached hydrogens (tertiary/aromatic N) is 1. The first-order valence-electron chi connectivity index (χ1n) is 5.83. The largest absolute Gasteiger partial charge is 0.372 e. The predicted molar refractivity (Wildman–Crippen MR) is 59.5 cm³/mol. The second-order valence-electron chi connectivity index (χ2n) is 4.11. The molecule has 1 fully saturated rings. The summed E-state index contributed by atoms with van der Waals surface area (Å²) < 4.78 is 5.24. The summed E-state index contributed by atoms with van der Waals surface area (Å²) in [6.45, 7) is 5.38. The monoisotopic (exact) mass is 214 g/mol. The van der Waals surface area contributed by atoms with Crippen LogP contribution in [0.2, 0.25) is 0 Å². The third-order valence-electron chi connectivity index (χ3n) is 2.87. The van der Waals surface area contributed by atoms with Crippen LogP contribution in [0.3, 0.4) is 0 Å². The molecule has 1 aliphatic heterocycles. The first-order valence-corrected chi connectivity index (χ1v) is 5.83. The Morgan fingerprint density at radius 3 is 2.67 bits per heavy atom. The van der Waals surface area contributed by atoms with Gasteiger partial charge in [0.25, 0.3) is 0 Å². The fraction of sp³-hybridized carbons (Fsp3) is 0.909. The second-order valence-corrected chi connectivity index (χ2v) is 4.11. The molecule has 0 aromatic carbocycles. The van der Waals surface area contributed by atoms with Crippen LogP contribution in [-0.4, -0.2) is 43.7 Å². The number of carbonyl (C=O) groups is 1. The maximum absolute atomic E-state index is 11.6. The Morgan fingerprint density at radius 1 is 1.47 bits per heavy atom. The molecule has 2 N–H and O–H groups in total. The number of carbonyl (C=O) groups excluding carboxylic acids is 1. The van der Waals surface area contributed by atoms with Gasteiger partial charge in [-0.1, -0.05) is 6.92 Å². The lowest BCUT2D eigenvalue weighted by atomic mass is 9.97. The third-order valence-corrected chi connectivity index (χ3v) is 2.87. The lowest BCUT2D eigenvalue weighted by Crippen LogP contribution is -2.41. The number of ether oxygens (including phenoxy) is 1. The van der Waals surface area contributed by atoms with Crippen LogP contribution in [-0.2, 0) is 9.53 Å². The maximum atomic E-state index is 11.6. The highest BCUT2D eigenvalue weighted by Gasteiger charge is 2.21. The van der Waals surface area contributed by atoms with E-state index in [1.807, 2.05) is 11.8 Å². The molecule has 88 valence electrons. The summed E-state index contributed by atoms with van der Waals surface area (Å²) in [5, 5.41) is 0. The molecule has 1 heterocycles. The molecule has 1 rings (SSSR count). The van der Waals surface area contributed by atoms with Crippen molar-refractivity contribution in [2.45, 2.75) is 26.2 Å². The molecular formula is C11H22N2O2. The van der Waals surface area contributed by atoms with Crippen molar-refractivity contribution < 1.29 is 9.53 Å². The quantitative estimate of drug-likeness (QED) is 0.682. The van der Waals surface area contributed by atoms with Crippen molar-refractivity contribution in [3.05, 3.63) is 0 Å². The van der Waals surface area contributed by atoms with Gasteiger partial charge in [-0.3, -0.25) is 4.79 Å². The smallest absolute Gasteiger partial charge is 0.248 e. The van der Waals surface area contributed by atoms with Crippen LogP contribution >= 0.6 is 0 Å². The Morgan fingerprint density at radius 2 is 2.13 bits per heavy atom. The molecule has 0 aromatic rings. The minimum Gasteiger partial charge on any atom is -0.372 e. The number of piperidine rings is 1. The van der Waals surface area contributed by atoms with E-state index in [9.17, 15) is 4.79 Å². The van der Waals surface area contributed by atoms with E-state index < -0.39 is 0 Å². The highest BCUT2D eigenvalue weighted by atomic mass is 16.5. The fourth-order valence-corrected chi connectivity index (χ4v) is 1.81. The van der Waals surface area contributed by atoms with Crippen LogP contribution in [0.1, 0.15) is 26.2 Å². The minimum absolute atomic E-state index is 0.124. The van der Waals surface area contributed by atoms with Crippen molar-refractivity contribution in [3.8, 4) is 0 Å². The van der Waals surface area contributed by atoms with Gasteiger partial charge < -0.3 is 15.4 Å². The van der Waals surface area contributed by atoms with Gasteiger partial charge >= 0.3 is 0 Å². The molecule has 0 bridgehead atoms. The zero-order valence-electron chi connectivity index (χ0n) is 9.58. The Kier molecular flexibility index (Phi) is 5.65. The highest BCUT2D eigenvalue weighted by molar-refractivity contribution is 5.77. The van der Waals surface area contributed by atoms with E-state index in [0.717, 1.165) is 38.9 Å². The molecule has 1 saturated heterocycles. The molecule has 0 atom stereocenters. The van der Waals surface area contributed by atoms with Crippen LogP contribution in [0, 0.1) is 5.92 Å². The average Bonchev–Trinajstić information content (AvgIpc) is 2.29. The topological polar surface area (TPSA) is 55.6 Å². The molecule has 1 amide bonds. The van der Waals surface area contributed by atoms with E-state index in [0.29, 0.717) is 12.5 Å². The summed E-state index contributed by atoms with van der Waals surface area (Å²) in [4.78, 5) is 13.5. The van der Waals surface area contributed by atoms with Gasteiger partial charge in [0.2, 0.25) is 5.91 Å². The molecule has 0 unspecified atom stereocenters. The summed E-state index contributed by atoms with van der Waals surface area (Å²) >= 11 is 0. The van der Waals surface area contributed by atoms with Gasteiger partial charge in [-0.2, -0.15) is 0 Å². The Bertz CT molecular complexity index is 189. The van der Waals surface area contributed by atoms with Crippen LogP contribution < -0.4 is 5.73 Å². The normalized spacial score (nSPS) is 18.1. The summed E-state index contributed by atoms with van der Waals surface area (Å²) in [5.74, 6) is 0.726. The van der Waals surface area contributed by atoms with Gasteiger partial charge in [-0.15, -0.1) is 0 Å². The summed E-state index contributed by atoms with van der Waals surface area (Å²) in [5.41, 5.74) is 5.59. The fourth-order valence-electron chi connectivity index (χ4n) is 1.81. The minimum atomic E-state index is 0.124. The number of rotatable bonds is 5. The SMILES string of the molecule is CCCOCC(=O)N1CCC(CN)CC1. The van der Waals surface area contributed by atoms with E-state index in [4.69, 9.17) is 10.5 Å². The van der Waals surface area contributed by atoms with Crippen molar-refractivity contribution in [3.63, 3.8) is 0 Å². The Hall–Kier alpha value is -0.610. The van der Waals surface area contributed by atoms with Gasteiger partial charge in [0.05, 0.1) is 0 Å². The van der Waals surface area contributed by atoms with Crippen LogP contribution in [0.25, 0.3) is 0 Å². The molecule has 1 aliphatic rings. The van der Waals surface area contributed by atoms with Crippen LogP contribution in [0.15, 0.2) is 0 Å². The second kappa shape index (κ2) is 6.80. The average molecular weight is 214 g/mol. The van der Waals surface area contributed by atoms with E-state index in [2.05, 4.69) is 0 Å². The number of hydrogen-bond donors (Lipinski definition) is 1. The van der Waals surface area contributed by atoms with Crippen molar-refractivity contribution in [2.75, 3.05) is 32.8 Å². The number of likely N-dealkylation sites (tertiary alicyclic amines) is 1. The van der Waals surface area contributed by atoms with Gasteiger partial charge in [-0.05, 0) is 31.7 Å². The molecule has 0 spiro atoms. The number of hydrogen-bond acceptors (Lipinski definition) is 3. The van der Waals surface area contributed by atoms with Gasteiger partial charge in [0.15, 0.2) is 0 Å². The summed E-state index contributed by atoms with van der Waals surface area (Å²) in [6, 6.07) is 0.